The fourth-order valence-corrected chi connectivity index (χ4v) is 3.10. The standard InChI is InChI=1S/C16H22N4O/c1-20-6-2-3-11(10-20)8-19-16(21)14-9-18-15-5-4-12(17)7-13(14)15/h4-5,7,9,11,18H,2-3,6,8,10,17H2,1H3,(H,19,21). The molecule has 0 bridgehead atoms. The van der Waals surface area contributed by atoms with Crippen molar-refractivity contribution in [2.45, 2.75) is 12.8 Å². The zero-order chi connectivity index (χ0) is 14.8. The van der Waals surface area contributed by atoms with Gasteiger partial charge in [-0.25, -0.2) is 0 Å². The van der Waals surface area contributed by atoms with Gasteiger partial charge in [0, 0.05) is 35.9 Å². The second kappa shape index (κ2) is 5.77. The third-order valence-electron chi connectivity index (χ3n) is 4.22. The first-order chi connectivity index (χ1) is 10.1. The van der Waals surface area contributed by atoms with E-state index in [0.29, 0.717) is 17.2 Å². The highest BCUT2D eigenvalue weighted by Crippen LogP contribution is 2.21. The van der Waals surface area contributed by atoms with E-state index in [1.165, 1.54) is 12.8 Å². The predicted molar refractivity (Wildman–Crippen MR) is 85.3 cm³/mol. The first kappa shape index (κ1) is 13.9. The maximum absolute atomic E-state index is 12.4. The molecular weight excluding hydrogens is 264 g/mol. The fourth-order valence-electron chi connectivity index (χ4n) is 3.10. The van der Waals surface area contributed by atoms with Gasteiger partial charge in [0.05, 0.1) is 5.56 Å². The maximum Gasteiger partial charge on any atom is 0.253 e. The number of carbonyl (C=O) groups excluding carboxylic acids is 1. The van der Waals surface area contributed by atoms with Crippen LogP contribution in [-0.2, 0) is 0 Å². The highest BCUT2D eigenvalue weighted by Gasteiger charge is 2.19. The number of nitrogens with two attached hydrogens (primary N) is 1. The van der Waals surface area contributed by atoms with Crippen LogP contribution in [0.4, 0.5) is 5.69 Å². The lowest BCUT2D eigenvalue weighted by Crippen LogP contribution is -2.39. The summed E-state index contributed by atoms with van der Waals surface area (Å²) in [6.07, 6.45) is 4.15. The third kappa shape index (κ3) is 3.03. The minimum Gasteiger partial charge on any atom is -0.399 e. The molecule has 0 spiro atoms. The van der Waals surface area contributed by atoms with E-state index < -0.39 is 0 Å². The van der Waals surface area contributed by atoms with Crippen LogP contribution in [0.3, 0.4) is 0 Å². The average molecular weight is 286 g/mol. The summed E-state index contributed by atoms with van der Waals surface area (Å²) < 4.78 is 0. The fraction of sp³-hybridized carbons (Fsp3) is 0.438. The summed E-state index contributed by atoms with van der Waals surface area (Å²) in [4.78, 5) is 17.8. The van der Waals surface area contributed by atoms with E-state index in [0.717, 1.165) is 30.5 Å². The number of nitrogens with zero attached hydrogens (tertiary/aromatic N) is 1. The van der Waals surface area contributed by atoms with Gasteiger partial charge >= 0.3 is 0 Å². The number of H-pyrrole nitrogens is 1. The molecule has 1 unspecified atom stereocenters. The molecule has 1 atom stereocenters. The zero-order valence-corrected chi connectivity index (χ0v) is 12.4. The maximum atomic E-state index is 12.4. The molecule has 1 aliphatic heterocycles. The number of aromatic nitrogens is 1. The number of fused-ring (bicyclic) bond motifs is 1. The molecule has 1 aromatic carbocycles. The van der Waals surface area contributed by atoms with Crippen molar-refractivity contribution in [1.29, 1.82) is 0 Å². The first-order valence-corrected chi connectivity index (χ1v) is 7.47. The van der Waals surface area contributed by atoms with Crippen molar-refractivity contribution in [2.75, 3.05) is 32.4 Å². The molecule has 0 saturated carbocycles. The number of anilines is 1. The van der Waals surface area contributed by atoms with Crippen molar-refractivity contribution in [3.05, 3.63) is 30.0 Å². The summed E-state index contributed by atoms with van der Waals surface area (Å²) in [5, 5.41) is 3.94. The third-order valence-corrected chi connectivity index (χ3v) is 4.22. The monoisotopic (exact) mass is 286 g/mol. The predicted octanol–water partition coefficient (Wildman–Crippen LogP) is 1.82. The normalized spacial score (nSPS) is 19.8. The van der Waals surface area contributed by atoms with Crippen LogP contribution in [0, 0.1) is 5.92 Å². The highest BCUT2D eigenvalue weighted by molar-refractivity contribution is 6.07. The Bertz CT molecular complexity index is 649. The number of hydrogen-bond acceptors (Lipinski definition) is 3. The van der Waals surface area contributed by atoms with E-state index in [9.17, 15) is 4.79 Å². The van der Waals surface area contributed by atoms with Gasteiger partial charge in [0.1, 0.15) is 0 Å². The van der Waals surface area contributed by atoms with Gasteiger partial charge in [0.2, 0.25) is 0 Å². The molecule has 2 aromatic rings. The number of nitrogens with one attached hydrogen (secondary N) is 2. The molecule has 0 aliphatic carbocycles. The minimum atomic E-state index is -0.0277. The largest absolute Gasteiger partial charge is 0.399 e. The molecule has 1 amide bonds. The Morgan fingerprint density at radius 3 is 3.19 bits per heavy atom. The Balaban J connectivity index is 1.68. The van der Waals surface area contributed by atoms with E-state index in [1.54, 1.807) is 6.20 Å². The highest BCUT2D eigenvalue weighted by atomic mass is 16.1. The van der Waals surface area contributed by atoms with Crippen LogP contribution in [0.15, 0.2) is 24.4 Å². The van der Waals surface area contributed by atoms with Gasteiger partial charge in [-0.3, -0.25) is 4.79 Å². The number of likely N-dealkylation sites (tertiary alicyclic amines) is 1. The van der Waals surface area contributed by atoms with Gasteiger partial charge in [0.15, 0.2) is 0 Å². The number of carbonyl (C=O) groups is 1. The summed E-state index contributed by atoms with van der Waals surface area (Å²) in [6, 6.07) is 5.57. The second-order valence-corrected chi connectivity index (χ2v) is 5.99. The molecule has 1 fully saturated rings. The number of hydrogen-bond donors (Lipinski definition) is 3. The Labute approximate surface area is 124 Å². The Morgan fingerprint density at radius 1 is 1.52 bits per heavy atom. The smallest absolute Gasteiger partial charge is 0.253 e. The Hall–Kier alpha value is -2.01. The van der Waals surface area contributed by atoms with Crippen LogP contribution in [-0.4, -0.2) is 42.5 Å². The molecule has 3 rings (SSSR count). The first-order valence-electron chi connectivity index (χ1n) is 7.47. The summed E-state index contributed by atoms with van der Waals surface area (Å²) in [6.45, 7) is 2.95. The topological polar surface area (TPSA) is 74.2 Å². The quantitative estimate of drug-likeness (QED) is 0.754. The lowest BCUT2D eigenvalue weighted by molar-refractivity contribution is 0.0938. The van der Waals surface area contributed by atoms with Crippen molar-refractivity contribution < 1.29 is 4.79 Å². The van der Waals surface area contributed by atoms with Crippen LogP contribution in [0.2, 0.25) is 0 Å². The molecule has 1 saturated heterocycles. The zero-order valence-electron chi connectivity index (χ0n) is 12.4. The van der Waals surface area contributed by atoms with Gasteiger partial charge in [-0.2, -0.15) is 0 Å². The van der Waals surface area contributed by atoms with Gasteiger partial charge < -0.3 is 20.9 Å². The molecule has 1 aliphatic rings. The molecule has 4 N–H and O–H groups in total. The summed E-state index contributed by atoms with van der Waals surface area (Å²) in [5.74, 6) is 0.517. The molecule has 5 nitrogen and oxygen atoms in total. The van der Waals surface area contributed by atoms with Crippen molar-refractivity contribution in [1.82, 2.24) is 15.2 Å². The summed E-state index contributed by atoms with van der Waals surface area (Å²) >= 11 is 0. The SMILES string of the molecule is CN1CCCC(CNC(=O)c2c[nH]c3ccc(N)cc23)C1. The lowest BCUT2D eigenvalue weighted by atomic mass is 9.98. The van der Waals surface area contributed by atoms with E-state index in [4.69, 9.17) is 5.73 Å². The molecule has 2 heterocycles. The van der Waals surface area contributed by atoms with Gasteiger partial charge in [-0.05, 0) is 50.6 Å². The average Bonchev–Trinajstić information content (AvgIpc) is 2.88. The van der Waals surface area contributed by atoms with Gasteiger partial charge in [-0.1, -0.05) is 0 Å². The second-order valence-electron chi connectivity index (χ2n) is 5.99. The van der Waals surface area contributed by atoms with E-state index in [-0.39, 0.29) is 5.91 Å². The summed E-state index contributed by atoms with van der Waals surface area (Å²) in [5.41, 5.74) is 8.08. The molecular formula is C16H22N4O. The van der Waals surface area contributed by atoms with E-state index >= 15 is 0 Å². The number of aromatic amines is 1. The van der Waals surface area contributed by atoms with Crippen LogP contribution >= 0.6 is 0 Å². The van der Waals surface area contributed by atoms with Crippen molar-refractivity contribution >= 4 is 22.5 Å². The lowest BCUT2D eigenvalue weighted by Gasteiger charge is -2.29. The van der Waals surface area contributed by atoms with Crippen molar-refractivity contribution in [3.8, 4) is 0 Å². The number of rotatable bonds is 3. The minimum absolute atomic E-state index is 0.0277. The van der Waals surface area contributed by atoms with E-state index in [1.807, 2.05) is 18.2 Å². The van der Waals surface area contributed by atoms with Gasteiger partial charge in [-0.15, -0.1) is 0 Å². The van der Waals surface area contributed by atoms with Crippen LogP contribution < -0.4 is 11.1 Å². The van der Waals surface area contributed by atoms with Crippen molar-refractivity contribution in [3.63, 3.8) is 0 Å². The Kier molecular flexibility index (Phi) is 3.84. The number of amides is 1. The number of piperidine rings is 1. The summed E-state index contributed by atoms with van der Waals surface area (Å²) in [7, 11) is 2.14. The number of nitrogen functional groups attached to an aromatic ring is 1. The molecule has 112 valence electrons. The van der Waals surface area contributed by atoms with Crippen LogP contribution in [0.25, 0.3) is 10.9 Å². The van der Waals surface area contributed by atoms with Crippen LogP contribution in [0.5, 0.6) is 0 Å². The van der Waals surface area contributed by atoms with Crippen molar-refractivity contribution in [2.24, 2.45) is 5.92 Å². The molecule has 1 aromatic heterocycles. The Morgan fingerprint density at radius 2 is 2.38 bits per heavy atom. The molecule has 21 heavy (non-hydrogen) atoms. The number of benzene rings is 1. The van der Waals surface area contributed by atoms with Gasteiger partial charge in [0.25, 0.3) is 5.91 Å². The molecule has 5 heteroatoms. The molecule has 0 radical (unpaired) electrons. The van der Waals surface area contributed by atoms with Crippen LogP contribution in [0.1, 0.15) is 23.2 Å². The van der Waals surface area contributed by atoms with E-state index in [2.05, 4.69) is 22.2 Å².